The Morgan fingerprint density at radius 1 is 0.926 bits per heavy atom. The molecule has 0 aliphatic carbocycles. The minimum Gasteiger partial charge on any atom is -0.378 e. The summed E-state index contributed by atoms with van der Waals surface area (Å²) in [5.74, 6) is -0.450. The number of aryl methyl sites for hydroxylation is 1. The Morgan fingerprint density at radius 2 is 1.67 bits per heavy atom. The van der Waals surface area contributed by atoms with Gasteiger partial charge in [0.05, 0.1) is 17.8 Å². The van der Waals surface area contributed by atoms with E-state index in [2.05, 4.69) is 67.9 Å². The number of piperidine rings is 4. The fourth-order valence-corrected chi connectivity index (χ4v) is 9.38. The Balaban J connectivity index is 0.850. The van der Waals surface area contributed by atoms with Crippen molar-refractivity contribution < 1.29 is 14.4 Å². The SMILES string of the molecule is CN1C[C@H](Nc2cnn(C)c(=O)c2Cl)C[C@H](c2ccc(C(=O)N3CCC4(CC3)CCN(c3ccc5c(C6CCC(=O)NC6=O)cncc5c3)CC4)cc2)C1. The van der Waals surface area contributed by atoms with Crippen LogP contribution in [0.2, 0.25) is 5.02 Å². The summed E-state index contributed by atoms with van der Waals surface area (Å²) < 4.78 is 1.23. The van der Waals surface area contributed by atoms with Gasteiger partial charge in [-0.05, 0) is 97.7 Å². The summed E-state index contributed by atoms with van der Waals surface area (Å²) in [7, 11) is 3.68. The highest BCUT2D eigenvalue weighted by Crippen LogP contribution is 2.43. The number of pyridine rings is 1. The molecule has 4 aromatic rings. The number of hydrogen-bond donors (Lipinski definition) is 2. The first-order valence-electron chi connectivity index (χ1n) is 19.1. The molecule has 8 rings (SSSR count). The standard InChI is InChI=1S/C41H47ClN8O4/c1-47-24-29(19-30(25-47)45-35-23-44-48(2)40(54)37(35)42)26-3-5-27(6-4-26)39(53)50-17-13-41(14-18-50)11-15-49(16-12-41)31-7-8-32-28(20-31)21-43-22-34(32)33-9-10-36(51)46-38(33)52/h3-8,20-23,29-30,33,45H,9-19,24-25H2,1-2H3,(H,46,51,52)/t29-,30+,33?/m0/s1. The Bertz CT molecular complexity index is 2140. The van der Waals surface area contributed by atoms with Crippen molar-refractivity contribution in [2.24, 2.45) is 12.5 Å². The van der Waals surface area contributed by atoms with Crippen LogP contribution in [0.3, 0.4) is 0 Å². The second-order valence-electron chi connectivity index (χ2n) is 15.8. The zero-order valence-electron chi connectivity index (χ0n) is 30.9. The molecule has 0 bridgehead atoms. The van der Waals surface area contributed by atoms with Crippen LogP contribution in [0.4, 0.5) is 11.4 Å². The predicted octanol–water partition coefficient (Wildman–Crippen LogP) is 4.92. The fourth-order valence-electron chi connectivity index (χ4n) is 9.15. The van der Waals surface area contributed by atoms with Gasteiger partial charge in [0, 0.05) is 87.8 Å². The van der Waals surface area contributed by atoms with Gasteiger partial charge >= 0.3 is 0 Å². The number of benzene rings is 2. The lowest BCUT2D eigenvalue weighted by molar-refractivity contribution is -0.134. The van der Waals surface area contributed by atoms with E-state index in [-0.39, 0.29) is 51.6 Å². The molecule has 4 aliphatic heterocycles. The Labute approximate surface area is 319 Å². The Hall–Kier alpha value is -4.81. The van der Waals surface area contributed by atoms with Crippen LogP contribution < -0.4 is 21.1 Å². The van der Waals surface area contributed by atoms with Crippen LogP contribution in [0.25, 0.3) is 10.8 Å². The van der Waals surface area contributed by atoms with Crippen LogP contribution in [0, 0.1) is 5.41 Å². The van der Waals surface area contributed by atoms with Crippen molar-refractivity contribution in [3.8, 4) is 0 Å². The van der Waals surface area contributed by atoms with Gasteiger partial charge in [-0.15, -0.1) is 0 Å². The first-order valence-corrected chi connectivity index (χ1v) is 19.5. The third kappa shape index (κ3) is 7.21. The normalized spacial score (nSPS) is 23.4. The number of imide groups is 1. The molecule has 12 nitrogen and oxygen atoms in total. The number of hydrogen-bond acceptors (Lipinski definition) is 9. The van der Waals surface area contributed by atoms with E-state index >= 15 is 0 Å². The number of fused-ring (bicyclic) bond motifs is 1. The van der Waals surface area contributed by atoms with Crippen molar-refractivity contribution in [3.05, 3.63) is 93.1 Å². The molecule has 3 atom stereocenters. The average molecular weight is 751 g/mol. The van der Waals surface area contributed by atoms with Crippen LogP contribution in [0.15, 0.2) is 65.8 Å². The van der Waals surface area contributed by atoms with Gasteiger partial charge in [-0.1, -0.05) is 29.8 Å². The summed E-state index contributed by atoms with van der Waals surface area (Å²) >= 11 is 6.33. The summed E-state index contributed by atoms with van der Waals surface area (Å²) in [6.45, 7) is 5.19. The van der Waals surface area contributed by atoms with Crippen molar-refractivity contribution >= 4 is 51.5 Å². The lowest BCUT2D eigenvalue weighted by Crippen LogP contribution is -2.48. The van der Waals surface area contributed by atoms with Gasteiger partial charge in [-0.3, -0.25) is 29.5 Å². The molecule has 0 saturated carbocycles. The third-order valence-electron chi connectivity index (χ3n) is 12.4. The minimum absolute atomic E-state index is 0.0963. The van der Waals surface area contributed by atoms with E-state index in [9.17, 15) is 19.2 Å². The number of carbonyl (C=O) groups excluding carboxylic acids is 3. The van der Waals surface area contributed by atoms with Gasteiger partial charge in [0.2, 0.25) is 11.8 Å². The quantitative estimate of drug-likeness (QED) is 0.264. The molecule has 13 heteroatoms. The van der Waals surface area contributed by atoms with E-state index in [0.717, 1.165) is 99.0 Å². The number of likely N-dealkylation sites (N-methyl/N-ethyl adjacent to an activating group) is 1. The molecule has 4 saturated heterocycles. The van der Waals surface area contributed by atoms with Crippen molar-refractivity contribution in [2.45, 2.75) is 62.8 Å². The van der Waals surface area contributed by atoms with Crippen LogP contribution in [-0.2, 0) is 16.6 Å². The number of anilines is 2. The van der Waals surface area contributed by atoms with Gasteiger partial charge in [0.15, 0.2) is 0 Å². The van der Waals surface area contributed by atoms with Crippen molar-refractivity contribution in [3.63, 3.8) is 0 Å². The van der Waals surface area contributed by atoms with E-state index in [1.54, 1.807) is 19.4 Å². The van der Waals surface area contributed by atoms with E-state index < -0.39 is 0 Å². The van der Waals surface area contributed by atoms with Gasteiger partial charge in [-0.2, -0.15) is 5.10 Å². The zero-order valence-corrected chi connectivity index (χ0v) is 31.6. The molecule has 4 fully saturated rings. The molecule has 1 spiro atoms. The van der Waals surface area contributed by atoms with Crippen LogP contribution in [0.5, 0.6) is 0 Å². The zero-order chi connectivity index (χ0) is 37.6. The molecule has 4 aliphatic rings. The van der Waals surface area contributed by atoms with Gasteiger partial charge in [-0.25, -0.2) is 4.68 Å². The third-order valence-corrected chi connectivity index (χ3v) is 12.8. The molecule has 2 aromatic carbocycles. The van der Waals surface area contributed by atoms with E-state index in [1.165, 1.54) is 10.2 Å². The van der Waals surface area contributed by atoms with Crippen molar-refractivity contribution in [1.82, 2.24) is 29.9 Å². The first-order chi connectivity index (χ1) is 26.1. The topological polar surface area (TPSA) is 133 Å². The summed E-state index contributed by atoms with van der Waals surface area (Å²) in [5, 5.41) is 12.2. The van der Waals surface area contributed by atoms with Gasteiger partial charge in [0.25, 0.3) is 11.5 Å². The van der Waals surface area contributed by atoms with Crippen molar-refractivity contribution in [2.75, 3.05) is 56.5 Å². The number of nitrogens with one attached hydrogen (secondary N) is 2. The summed E-state index contributed by atoms with van der Waals surface area (Å²) in [6.07, 6.45) is 11.1. The number of amides is 3. The number of halogens is 1. The van der Waals surface area contributed by atoms with E-state index in [0.29, 0.717) is 18.5 Å². The largest absolute Gasteiger partial charge is 0.378 e. The lowest BCUT2D eigenvalue weighted by atomic mass is 9.71. The molecule has 1 unspecified atom stereocenters. The lowest BCUT2D eigenvalue weighted by Gasteiger charge is -2.47. The molecule has 2 N–H and O–H groups in total. The number of nitrogens with zero attached hydrogens (tertiary/aromatic N) is 6. The average Bonchev–Trinajstić information content (AvgIpc) is 3.18. The van der Waals surface area contributed by atoms with Crippen LogP contribution in [0.1, 0.15) is 78.3 Å². The molecule has 282 valence electrons. The number of likely N-dealkylation sites (tertiary alicyclic amines) is 2. The molecular formula is C41H47ClN8O4. The summed E-state index contributed by atoms with van der Waals surface area (Å²) in [6, 6.07) is 14.7. The molecular weight excluding hydrogens is 704 g/mol. The number of carbonyl (C=O) groups is 3. The van der Waals surface area contributed by atoms with E-state index in [4.69, 9.17) is 11.6 Å². The fraction of sp³-hybridized carbons (Fsp3) is 0.463. The highest BCUT2D eigenvalue weighted by Gasteiger charge is 2.39. The Morgan fingerprint density at radius 3 is 2.41 bits per heavy atom. The van der Waals surface area contributed by atoms with Crippen LogP contribution >= 0.6 is 11.6 Å². The predicted molar refractivity (Wildman–Crippen MR) is 209 cm³/mol. The maximum absolute atomic E-state index is 13.7. The summed E-state index contributed by atoms with van der Waals surface area (Å²) in [4.78, 5) is 61.4. The smallest absolute Gasteiger partial charge is 0.287 e. The molecule has 2 aromatic heterocycles. The summed E-state index contributed by atoms with van der Waals surface area (Å²) in [5.41, 5.74) is 4.44. The Kier molecular flexibility index (Phi) is 9.91. The second-order valence-corrected chi connectivity index (χ2v) is 16.2. The minimum atomic E-state index is -0.364. The number of rotatable bonds is 6. The maximum Gasteiger partial charge on any atom is 0.287 e. The van der Waals surface area contributed by atoms with Crippen LogP contribution in [-0.4, -0.2) is 94.6 Å². The second kappa shape index (κ2) is 14.8. The van der Waals surface area contributed by atoms with Crippen molar-refractivity contribution in [1.29, 1.82) is 0 Å². The number of aromatic nitrogens is 3. The highest BCUT2D eigenvalue weighted by molar-refractivity contribution is 6.32. The highest BCUT2D eigenvalue weighted by atomic mass is 35.5. The van der Waals surface area contributed by atoms with E-state index in [1.807, 2.05) is 23.2 Å². The monoisotopic (exact) mass is 750 g/mol. The first kappa shape index (κ1) is 36.2. The molecule has 3 amide bonds. The maximum atomic E-state index is 13.7. The van der Waals surface area contributed by atoms with Gasteiger partial charge < -0.3 is 20.0 Å². The molecule has 54 heavy (non-hydrogen) atoms. The molecule has 0 radical (unpaired) electrons. The van der Waals surface area contributed by atoms with Gasteiger partial charge in [0.1, 0.15) is 5.02 Å². The molecule has 6 heterocycles.